The van der Waals surface area contributed by atoms with Gasteiger partial charge < -0.3 is 14.8 Å². The fourth-order valence-corrected chi connectivity index (χ4v) is 2.78. The molecule has 7 heteroatoms. The lowest BCUT2D eigenvalue weighted by atomic mass is 10.2. The van der Waals surface area contributed by atoms with Crippen LogP contribution in [0.2, 0.25) is 0 Å². The van der Waals surface area contributed by atoms with Crippen molar-refractivity contribution >= 4 is 15.9 Å². The van der Waals surface area contributed by atoms with Crippen molar-refractivity contribution in [1.82, 2.24) is 10.2 Å². The van der Waals surface area contributed by atoms with Gasteiger partial charge in [0.15, 0.2) is 0 Å². The maximum absolute atomic E-state index is 12.4. The summed E-state index contributed by atoms with van der Waals surface area (Å²) >= 11 is 3.35. The van der Waals surface area contributed by atoms with Crippen molar-refractivity contribution in [2.24, 2.45) is 0 Å². The number of morpholine rings is 1. The number of ether oxygens (including phenoxy) is 2. The Balaban J connectivity index is 1.72. The Bertz CT molecular complexity index is 457. The Morgan fingerprint density at radius 1 is 1.32 bits per heavy atom. The molecule has 0 radical (unpaired) electrons. The molecule has 22 heavy (non-hydrogen) atoms. The number of nitrogens with zero attached hydrogens (tertiary/aromatic N) is 1. The van der Waals surface area contributed by atoms with Crippen LogP contribution in [0.15, 0.2) is 22.7 Å². The lowest BCUT2D eigenvalue weighted by Gasteiger charge is -2.26. The van der Waals surface area contributed by atoms with Gasteiger partial charge in [-0.15, -0.1) is 0 Å². The zero-order valence-corrected chi connectivity index (χ0v) is 13.9. The molecule has 0 aliphatic carbocycles. The molecule has 1 heterocycles. The van der Waals surface area contributed by atoms with E-state index in [1.54, 1.807) is 18.2 Å². The number of rotatable bonds is 8. The van der Waals surface area contributed by atoms with Crippen LogP contribution in [0, 0.1) is 0 Å². The molecule has 1 saturated heterocycles. The molecule has 4 nitrogen and oxygen atoms in total. The van der Waals surface area contributed by atoms with Crippen LogP contribution in [0.4, 0.5) is 8.78 Å². The van der Waals surface area contributed by atoms with Gasteiger partial charge in [0, 0.05) is 29.7 Å². The zero-order valence-electron chi connectivity index (χ0n) is 12.4. The summed E-state index contributed by atoms with van der Waals surface area (Å²) < 4.78 is 35.4. The van der Waals surface area contributed by atoms with E-state index in [0.29, 0.717) is 6.54 Å². The normalized spacial score (nSPS) is 16.2. The Morgan fingerprint density at radius 2 is 2.09 bits per heavy atom. The first-order valence-electron chi connectivity index (χ1n) is 7.39. The number of alkyl halides is 2. The van der Waals surface area contributed by atoms with Gasteiger partial charge in [-0.2, -0.15) is 8.78 Å². The van der Waals surface area contributed by atoms with Crippen LogP contribution < -0.4 is 10.1 Å². The minimum atomic E-state index is -2.80. The van der Waals surface area contributed by atoms with E-state index in [1.807, 2.05) is 0 Å². The average molecular weight is 379 g/mol. The zero-order chi connectivity index (χ0) is 15.8. The highest BCUT2D eigenvalue weighted by atomic mass is 79.9. The molecule has 0 bridgehead atoms. The minimum Gasteiger partial charge on any atom is -0.434 e. The molecule has 1 fully saturated rings. The van der Waals surface area contributed by atoms with E-state index in [1.165, 1.54) is 0 Å². The van der Waals surface area contributed by atoms with Crippen molar-refractivity contribution in [2.75, 3.05) is 39.4 Å². The molecule has 1 N–H and O–H groups in total. The van der Waals surface area contributed by atoms with E-state index in [9.17, 15) is 8.78 Å². The van der Waals surface area contributed by atoms with Crippen LogP contribution in [0.25, 0.3) is 0 Å². The Labute approximate surface area is 137 Å². The molecule has 2 rings (SSSR count). The predicted octanol–water partition coefficient (Wildman–Crippen LogP) is 2.86. The second-order valence-electron chi connectivity index (χ2n) is 5.11. The SMILES string of the molecule is FC(F)Oc1ccc(Br)cc1CNCCCN1CCOCC1. The molecule has 0 unspecified atom stereocenters. The maximum atomic E-state index is 12.4. The van der Waals surface area contributed by atoms with E-state index >= 15 is 0 Å². The number of hydrogen-bond donors (Lipinski definition) is 1. The summed E-state index contributed by atoms with van der Waals surface area (Å²) in [5.74, 6) is 0.221. The third-order valence-electron chi connectivity index (χ3n) is 3.49. The topological polar surface area (TPSA) is 33.7 Å². The molecule has 0 amide bonds. The maximum Gasteiger partial charge on any atom is 0.387 e. The highest BCUT2D eigenvalue weighted by Gasteiger charge is 2.11. The van der Waals surface area contributed by atoms with Gasteiger partial charge in [-0.1, -0.05) is 15.9 Å². The Kier molecular flexibility index (Phi) is 7.51. The smallest absolute Gasteiger partial charge is 0.387 e. The summed E-state index contributed by atoms with van der Waals surface area (Å²) in [6.07, 6.45) is 1.01. The second kappa shape index (κ2) is 9.39. The van der Waals surface area contributed by atoms with E-state index in [0.717, 1.165) is 55.8 Å². The average Bonchev–Trinajstić information content (AvgIpc) is 2.50. The van der Waals surface area contributed by atoms with Crippen LogP contribution in [0.5, 0.6) is 5.75 Å². The fraction of sp³-hybridized carbons (Fsp3) is 0.600. The number of halogens is 3. The molecule has 0 aromatic heterocycles. The monoisotopic (exact) mass is 378 g/mol. The van der Waals surface area contributed by atoms with Crippen LogP contribution >= 0.6 is 15.9 Å². The van der Waals surface area contributed by atoms with Gasteiger partial charge in [0.2, 0.25) is 0 Å². The van der Waals surface area contributed by atoms with E-state index in [-0.39, 0.29) is 5.75 Å². The van der Waals surface area contributed by atoms with E-state index < -0.39 is 6.61 Å². The molecule has 124 valence electrons. The van der Waals surface area contributed by atoms with E-state index in [2.05, 4.69) is 30.9 Å². The summed E-state index contributed by atoms with van der Waals surface area (Å²) in [4.78, 5) is 2.37. The highest BCUT2D eigenvalue weighted by molar-refractivity contribution is 9.10. The van der Waals surface area contributed by atoms with Crippen molar-refractivity contribution in [2.45, 2.75) is 19.6 Å². The van der Waals surface area contributed by atoms with Crippen LogP contribution in [-0.2, 0) is 11.3 Å². The molecular weight excluding hydrogens is 358 g/mol. The van der Waals surface area contributed by atoms with Crippen molar-refractivity contribution in [3.63, 3.8) is 0 Å². The first-order valence-corrected chi connectivity index (χ1v) is 8.18. The first-order chi connectivity index (χ1) is 10.6. The summed E-state index contributed by atoms with van der Waals surface area (Å²) in [5.41, 5.74) is 0.723. The van der Waals surface area contributed by atoms with Gasteiger partial charge in [-0.3, -0.25) is 4.90 Å². The van der Waals surface area contributed by atoms with Gasteiger partial charge in [0.1, 0.15) is 5.75 Å². The second-order valence-corrected chi connectivity index (χ2v) is 6.03. The Morgan fingerprint density at radius 3 is 2.82 bits per heavy atom. The van der Waals surface area contributed by atoms with Crippen LogP contribution in [-0.4, -0.2) is 50.9 Å². The molecule has 0 saturated carbocycles. The Hall–Kier alpha value is -0.760. The number of benzene rings is 1. The molecule has 0 atom stereocenters. The standard InChI is InChI=1S/C15H21BrF2N2O2/c16-13-2-3-14(22-15(17)18)12(10-13)11-19-4-1-5-20-6-8-21-9-7-20/h2-3,10,15,19H,1,4-9,11H2. The van der Waals surface area contributed by atoms with Crippen LogP contribution in [0.3, 0.4) is 0 Å². The van der Waals surface area contributed by atoms with E-state index in [4.69, 9.17) is 4.74 Å². The summed E-state index contributed by atoms with van der Waals surface area (Å²) in [6, 6.07) is 5.05. The largest absolute Gasteiger partial charge is 0.434 e. The third kappa shape index (κ3) is 6.16. The first kappa shape index (κ1) is 17.6. The van der Waals surface area contributed by atoms with Crippen molar-refractivity contribution in [1.29, 1.82) is 0 Å². The minimum absolute atomic E-state index is 0.221. The van der Waals surface area contributed by atoms with Gasteiger partial charge in [0.25, 0.3) is 0 Å². The van der Waals surface area contributed by atoms with Crippen molar-refractivity contribution in [3.8, 4) is 5.75 Å². The summed E-state index contributed by atoms with van der Waals surface area (Å²) in [5, 5.41) is 3.28. The molecule has 1 aromatic rings. The molecule has 1 aliphatic rings. The van der Waals surface area contributed by atoms with Crippen molar-refractivity contribution < 1.29 is 18.3 Å². The highest BCUT2D eigenvalue weighted by Crippen LogP contribution is 2.24. The molecular formula is C15H21BrF2N2O2. The van der Waals surface area contributed by atoms with Gasteiger partial charge in [0.05, 0.1) is 13.2 Å². The predicted molar refractivity (Wildman–Crippen MR) is 84.4 cm³/mol. The number of nitrogens with one attached hydrogen (secondary N) is 1. The molecule has 1 aliphatic heterocycles. The van der Waals surface area contributed by atoms with Gasteiger partial charge in [-0.05, 0) is 37.7 Å². The third-order valence-corrected chi connectivity index (χ3v) is 3.98. The lowest BCUT2D eigenvalue weighted by molar-refractivity contribution is -0.0505. The molecule has 1 aromatic carbocycles. The van der Waals surface area contributed by atoms with Gasteiger partial charge in [-0.25, -0.2) is 0 Å². The quantitative estimate of drug-likeness (QED) is 0.705. The van der Waals surface area contributed by atoms with Crippen molar-refractivity contribution in [3.05, 3.63) is 28.2 Å². The van der Waals surface area contributed by atoms with Crippen LogP contribution in [0.1, 0.15) is 12.0 Å². The summed E-state index contributed by atoms with van der Waals surface area (Å²) in [7, 11) is 0. The lowest BCUT2D eigenvalue weighted by Crippen LogP contribution is -2.37. The fourth-order valence-electron chi connectivity index (χ4n) is 2.37. The molecule has 0 spiro atoms. The summed E-state index contributed by atoms with van der Waals surface area (Å²) in [6.45, 7) is 3.13. The van der Waals surface area contributed by atoms with Gasteiger partial charge >= 0.3 is 6.61 Å². The number of hydrogen-bond acceptors (Lipinski definition) is 4.